The molecule has 4 rings (SSSR count). The molecular weight excluding hydrogens is 368 g/mol. The predicted molar refractivity (Wildman–Crippen MR) is 117 cm³/mol. The predicted octanol–water partition coefficient (Wildman–Crippen LogP) is 3.66. The average molecular weight is 399 g/mol. The Kier molecular flexibility index (Phi) is 6.49. The first kappa shape index (κ1) is 19.3. The molecule has 2 aromatic rings. The summed E-state index contributed by atoms with van der Waals surface area (Å²) in [5, 5.41) is 10.7. The molecule has 150 valence electrons. The third-order valence-corrected chi connectivity index (χ3v) is 6.68. The van der Waals surface area contributed by atoms with Gasteiger partial charge >= 0.3 is 0 Å². The van der Waals surface area contributed by atoms with Crippen LogP contribution in [0.5, 0.6) is 0 Å². The Morgan fingerprint density at radius 1 is 1.14 bits per heavy atom. The number of aliphatic imine (C=N–C) groups is 1. The molecular formula is C22H30N4OS. The molecule has 2 aliphatic rings. The zero-order valence-corrected chi connectivity index (χ0v) is 17.3. The highest BCUT2D eigenvalue weighted by molar-refractivity contribution is 7.14. The van der Waals surface area contributed by atoms with E-state index in [1.807, 2.05) is 18.4 Å². The summed E-state index contributed by atoms with van der Waals surface area (Å²) in [6.45, 7) is 3.91. The van der Waals surface area contributed by atoms with Crippen LogP contribution in [0, 0.1) is 5.92 Å². The summed E-state index contributed by atoms with van der Waals surface area (Å²) < 4.78 is 6.01. The lowest BCUT2D eigenvalue weighted by Gasteiger charge is -2.33. The number of thiophene rings is 1. The van der Waals surface area contributed by atoms with Gasteiger partial charge in [0.25, 0.3) is 0 Å². The summed E-state index contributed by atoms with van der Waals surface area (Å²) in [5.74, 6) is 1.38. The topological polar surface area (TPSA) is 48.9 Å². The number of hydrogen-bond acceptors (Lipinski definition) is 4. The maximum atomic E-state index is 6.01. The van der Waals surface area contributed by atoms with E-state index in [9.17, 15) is 0 Å². The van der Waals surface area contributed by atoms with E-state index in [4.69, 9.17) is 4.74 Å². The maximum Gasteiger partial charge on any atom is 0.191 e. The Morgan fingerprint density at radius 3 is 2.68 bits per heavy atom. The number of piperidine rings is 1. The fraction of sp³-hybridized carbons (Fsp3) is 0.500. The largest absolute Gasteiger partial charge is 0.373 e. The van der Waals surface area contributed by atoms with Gasteiger partial charge in [0.1, 0.15) is 0 Å². The van der Waals surface area contributed by atoms with E-state index >= 15 is 0 Å². The van der Waals surface area contributed by atoms with Crippen LogP contribution < -0.4 is 15.5 Å². The van der Waals surface area contributed by atoms with Gasteiger partial charge in [-0.25, -0.2) is 0 Å². The molecule has 2 saturated heterocycles. The molecule has 2 aliphatic heterocycles. The lowest BCUT2D eigenvalue weighted by Crippen LogP contribution is -2.49. The fourth-order valence-corrected chi connectivity index (χ4v) is 4.95. The number of benzene rings is 1. The molecule has 2 unspecified atom stereocenters. The van der Waals surface area contributed by atoms with Crippen LogP contribution in [0.15, 0.2) is 52.8 Å². The van der Waals surface area contributed by atoms with Gasteiger partial charge in [-0.15, -0.1) is 11.3 Å². The van der Waals surface area contributed by atoms with Gasteiger partial charge in [0.15, 0.2) is 5.96 Å². The minimum absolute atomic E-state index is 0.181. The molecule has 0 amide bonds. The molecule has 0 bridgehead atoms. The molecule has 6 heteroatoms. The molecule has 3 heterocycles. The zero-order chi connectivity index (χ0) is 19.2. The van der Waals surface area contributed by atoms with Gasteiger partial charge in [-0.2, -0.15) is 0 Å². The van der Waals surface area contributed by atoms with E-state index in [2.05, 4.69) is 68.4 Å². The summed E-state index contributed by atoms with van der Waals surface area (Å²) in [4.78, 5) is 6.94. The van der Waals surface area contributed by atoms with Crippen molar-refractivity contribution in [1.29, 1.82) is 0 Å². The van der Waals surface area contributed by atoms with Gasteiger partial charge in [-0.3, -0.25) is 4.99 Å². The smallest absolute Gasteiger partial charge is 0.191 e. The number of nitrogens with one attached hydrogen (secondary N) is 2. The van der Waals surface area contributed by atoms with E-state index in [1.54, 1.807) is 0 Å². The van der Waals surface area contributed by atoms with Crippen molar-refractivity contribution in [1.82, 2.24) is 10.6 Å². The van der Waals surface area contributed by atoms with E-state index in [1.165, 1.54) is 10.6 Å². The highest BCUT2D eigenvalue weighted by Gasteiger charge is 2.29. The maximum absolute atomic E-state index is 6.01. The normalized spacial score (nSPS) is 23.8. The van der Waals surface area contributed by atoms with Crippen LogP contribution in [-0.2, 0) is 4.74 Å². The fourth-order valence-electron chi connectivity index (χ4n) is 4.16. The highest BCUT2D eigenvalue weighted by atomic mass is 32.1. The first-order chi connectivity index (χ1) is 13.8. The Morgan fingerprint density at radius 2 is 1.96 bits per heavy atom. The number of ether oxygens (including phenoxy) is 1. The third-order valence-electron chi connectivity index (χ3n) is 5.75. The highest BCUT2D eigenvalue weighted by Crippen LogP contribution is 2.33. The molecule has 0 spiro atoms. The Balaban J connectivity index is 1.25. The minimum atomic E-state index is 0.181. The van der Waals surface area contributed by atoms with Crippen LogP contribution in [0.25, 0.3) is 0 Å². The van der Waals surface area contributed by atoms with Gasteiger partial charge in [0.2, 0.25) is 0 Å². The molecule has 1 aromatic carbocycles. The number of rotatable bonds is 5. The lowest BCUT2D eigenvalue weighted by molar-refractivity contribution is 0.0915. The van der Waals surface area contributed by atoms with Gasteiger partial charge in [0, 0.05) is 45.2 Å². The van der Waals surface area contributed by atoms with Crippen LogP contribution in [0.3, 0.4) is 0 Å². The molecule has 28 heavy (non-hydrogen) atoms. The molecule has 2 fully saturated rings. The second kappa shape index (κ2) is 9.43. The van der Waals surface area contributed by atoms with E-state index in [0.29, 0.717) is 12.0 Å². The van der Waals surface area contributed by atoms with E-state index in [0.717, 1.165) is 51.5 Å². The summed E-state index contributed by atoms with van der Waals surface area (Å²) in [5.41, 5.74) is 1.27. The van der Waals surface area contributed by atoms with Crippen molar-refractivity contribution in [2.75, 3.05) is 38.2 Å². The SMILES string of the molecule is CN=C(NCC1CCOC1c1ccccc1)NC1CCN(c2cccs2)CC1. The van der Waals surface area contributed by atoms with Gasteiger partial charge in [-0.05, 0) is 42.3 Å². The molecule has 1 aromatic heterocycles. The molecule has 2 N–H and O–H groups in total. The summed E-state index contributed by atoms with van der Waals surface area (Å²) in [6, 6.07) is 15.4. The van der Waals surface area contributed by atoms with E-state index in [-0.39, 0.29) is 6.10 Å². The number of nitrogens with zero attached hydrogens (tertiary/aromatic N) is 2. The van der Waals surface area contributed by atoms with Crippen LogP contribution in [0.2, 0.25) is 0 Å². The molecule has 0 radical (unpaired) electrons. The summed E-state index contributed by atoms with van der Waals surface area (Å²) in [6.07, 6.45) is 3.54. The second-order valence-corrected chi connectivity index (χ2v) is 8.49. The number of hydrogen-bond donors (Lipinski definition) is 2. The summed E-state index contributed by atoms with van der Waals surface area (Å²) >= 11 is 1.83. The average Bonchev–Trinajstić information content (AvgIpc) is 3.44. The van der Waals surface area contributed by atoms with Gasteiger partial charge in [0.05, 0.1) is 11.1 Å². The molecule has 2 atom stereocenters. The standard InChI is InChI=1S/C22H30N4OS/c1-23-22(25-19-9-12-26(13-10-19)20-8-5-15-28-20)24-16-18-11-14-27-21(18)17-6-3-2-4-7-17/h2-8,15,18-19,21H,9-14,16H2,1H3,(H2,23,24,25). The van der Waals surface area contributed by atoms with Gasteiger partial charge in [-0.1, -0.05) is 30.3 Å². The van der Waals surface area contributed by atoms with Crippen LogP contribution in [-0.4, -0.2) is 45.3 Å². The van der Waals surface area contributed by atoms with Crippen molar-refractivity contribution in [3.63, 3.8) is 0 Å². The zero-order valence-electron chi connectivity index (χ0n) is 16.5. The third kappa shape index (κ3) is 4.67. The monoisotopic (exact) mass is 398 g/mol. The van der Waals surface area contributed by atoms with Crippen LogP contribution in [0.1, 0.15) is 30.9 Å². The van der Waals surface area contributed by atoms with Crippen molar-refractivity contribution >= 4 is 22.3 Å². The van der Waals surface area contributed by atoms with Crippen molar-refractivity contribution in [3.8, 4) is 0 Å². The Bertz CT molecular complexity index is 741. The quantitative estimate of drug-likeness (QED) is 0.596. The Labute approximate surface area is 171 Å². The Hall–Kier alpha value is -2.05. The van der Waals surface area contributed by atoms with Crippen molar-refractivity contribution in [2.45, 2.75) is 31.4 Å². The van der Waals surface area contributed by atoms with Crippen molar-refractivity contribution in [3.05, 3.63) is 53.4 Å². The molecule has 5 nitrogen and oxygen atoms in total. The first-order valence-corrected chi connectivity index (χ1v) is 11.1. The minimum Gasteiger partial charge on any atom is -0.373 e. The number of anilines is 1. The second-order valence-electron chi connectivity index (χ2n) is 7.56. The molecule has 0 saturated carbocycles. The van der Waals surface area contributed by atoms with Crippen LogP contribution >= 0.6 is 11.3 Å². The van der Waals surface area contributed by atoms with Crippen molar-refractivity contribution in [2.24, 2.45) is 10.9 Å². The van der Waals surface area contributed by atoms with Crippen LogP contribution in [0.4, 0.5) is 5.00 Å². The summed E-state index contributed by atoms with van der Waals surface area (Å²) in [7, 11) is 1.86. The molecule has 0 aliphatic carbocycles. The van der Waals surface area contributed by atoms with Gasteiger partial charge < -0.3 is 20.3 Å². The lowest BCUT2D eigenvalue weighted by atomic mass is 9.95. The van der Waals surface area contributed by atoms with E-state index < -0.39 is 0 Å². The first-order valence-electron chi connectivity index (χ1n) is 10.3. The van der Waals surface area contributed by atoms with Crippen molar-refractivity contribution < 1.29 is 4.74 Å². The number of guanidine groups is 1.